The first-order valence-electron chi connectivity index (χ1n) is 8.62. The van der Waals surface area contributed by atoms with Crippen molar-refractivity contribution >= 4 is 23.1 Å². The molecular formula is C20H22N2O3S2. The number of rotatable bonds is 8. The Kier molecular flexibility index (Phi) is 6.98. The van der Waals surface area contributed by atoms with E-state index in [2.05, 4.69) is 10.2 Å². The number of aliphatic hydroxyl groups excluding tert-OH is 3. The van der Waals surface area contributed by atoms with Crippen LogP contribution in [0.2, 0.25) is 0 Å². The van der Waals surface area contributed by atoms with Crippen molar-refractivity contribution < 1.29 is 15.3 Å². The summed E-state index contributed by atoms with van der Waals surface area (Å²) in [5.74, 6) is -0.0762. The Morgan fingerprint density at radius 2 is 1.67 bits per heavy atom. The molecule has 0 fully saturated rings. The first-order chi connectivity index (χ1) is 13.1. The minimum atomic E-state index is -0.869. The highest BCUT2D eigenvalue weighted by atomic mass is 32.2. The molecule has 3 aromatic rings. The van der Waals surface area contributed by atoms with Gasteiger partial charge in [0.2, 0.25) is 0 Å². The zero-order chi connectivity index (χ0) is 19.2. The van der Waals surface area contributed by atoms with Crippen LogP contribution in [0, 0.1) is 6.92 Å². The summed E-state index contributed by atoms with van der Waals surface area (Å²) in [5.41, 5.74) is 2.36. The third kappa shape index (κ3) is 5.15. The fourth-order valence-corrected chi connectivity index (χ4v) is 4.75. The van der Waals surface area contributed by atoms with Crippen molar-refractivity contribution in [2.24, 2.45) is 0 Å². The number of aryl methyl sites for hydroxylation is 1. The molecule has 3 rings (SSSR count). The maximum atomic E-state index is 11.0. The zero-order valence-corrected chi connectivity index (χ0v) is 16.5. The molecule has 0 unspecified atom stereocenters. The van der Waals surface area contributed by atoms with Gasteiger partial charge in [-0.2, -0.15) is 0 Å². The molecule has 7 heteroatoms. The molecule has 5 nitrogen and oxygen atoms in total. The van der Waals surface area contributed by atoms with Gasteiger partial charge in [0.25, 0.3) is 0 Å². The minimum absolute atomic E-state index is 0.0426. The predicted octanol–water partition coefficient (Wildman–Crippen LogP) is 3.31. The second-order valence-electron chi connectivity index (χ2n) is 6.25. The molecule has 0 bridgehead atoms. The van der Waals surface area contributed by atoms with Crippen molar-refractivity contribution in [3.8, 4) is 0 Å². The fourth-order valence-electron chi connectivity index (χ4n) is 2.91. The quantitative estimate of drug-likeness (QED) is 0.501. The molecule has 0 spiro atoms. The molecule has 0 amide bonds. The summed E-state index contributed by atoms with van der Waals surface area (Å²) in [6.07, 6.45) is -1.64. The first-order valence-corrected chi connectivity index (χ1v) is 10.4. The second kappa shape index (κ2) is 9.43. The molecule has 27 heavy (non-hydrogen) atoms. The molecule has 1 heterocycles. The van der Waals surface area contributed by atoms with Gasteiger partial charge in [0.1, 0.15) is 5.01 Å². The molecule has 0 saturated heterocycles. The van der Waals surface area contributed by atoms with Gasteiger partial charge >= 0.3 is 0 Å². The second-order valence-corrected chi connectivity index (χ2v) is 8.70. The standard InChI is InChI=1S/C20H22N2O3S2/c1-13-21-22-20(27-13)26-12-17(24)18(15-5-3-2-4-6-15)19(25)16-9-7-14(11-23)8-10-16/h2-10,17-19,23-25H,11-12H2,1H3/t17-,18-,19+/m1/s1. The van der Waals surface area contributed by atoms with Gasteiger partial charge in [-0.3, -0.25) is 0 Å². The third-order valence-corrected chi connectivity index (χ3v) is 6.40. The Balaban J connectivity index is 1.81. The third-order valence-electron chi connectivity index (χ3n) is 4.33. The Morgan fingerprint density at radius 3 is 2.26 bits per heavy atom. The molecule has 0 radical (unpaired) electrons. The highest BCUT2D eigenvalue weighted by molar-refractivity contribution is 8.01. The predicted molar refractivity (Wildman–Crippen MR) is 108 cm³/mol. The van der Waals surface area contributed by atoms with Crippen molar-refractivity contribution in [1.82, 2.24) is 10.2 Å². The summed E-state index contributed by atoms with van der Waals surface area (Å²) in [4.78, 5) is 0. The molecule has 3 atom stereocenters. The molecule has 3 N–H and O–H groups in total. The van der Waals surface area contributed by atoms with Gasteiger partial charge in [-0.05, 0) is 23.6 Å². The van der Waals surface area contributed by atoms with Crippen LogP contribution in [0.3, 0.4) is 0 Å². The Morgan fingerprint density at radius 1 is 0.963 bits per heavy atom. The highest BCUT2D eigenvalue weighted by Crippen LogP contribution is 2.36. The molecule has 1 aromatic heterocycles. The van der Waals surface area contributed by atoms with Gasteiger partial charge in [0.15, 0.2) is 4.34 Å². The lowest BCUT2D eigenvalue weighted by atomic mass is 9.85. The largest absolute Gasteiger partial charge is 0.392 e. The molecule has 0 aliphatic heterocycles. The summed E-state index contributed by atoms with van der Waals surface area (Å²) >= 11 is 2.93. The van der Waals surface area contributed by atoms with E-state index >= 15 is 0 Å². The van der Waals surface area contributed by atoms with Gasteiger partial charge in [0.05, 0.1) is 18.8 Å². The Bertz CT molecular complexity index is 840. The number of nitrogens with zero attached hydrogens (tertiary/aromatic N) is 2. The van der Waals surface area contributed by atoms with Crippen LogP contribution in [0.5, 0.6) is 0 Å². The molecule has 142 valence electrons. The van der Waals surface area contributed by atoms with Crippen LogP contribution in [-0.4, -0.2) is 37.4 Å². The van der Waals surface area contributed by atoms with Gasteiger partial charge in [-0.15, -0.1) is 10.2 Å². The highest BCUT2D eigenvalue weighted by Gasteiger charge is 2.30. The molecule has 0 aliphatic carbocycles. The van der Waals surface area contributed by atoms with Crippen LogP contribution in [0.4, 0.5) is 0 Å². The number of hydrogen-bond acceptors (Lipinski definition) is 7. The Labute approximate surface area is 166 Å². The van der Waals surface area contributed by atoms with E-state index in [9.17, 15) is 15.3 Å². The van der Waals surface area contributed by atoms with Gasteiger partial charge in [0, 0.05) is 11.7 Å². The lowest BCUT2D eigenvalue weighted by molar-refractivity contribution is 0.0642. The average Bonchev–Trinajstić information content (AvgIpc) is 3.12. The fraction of sp³-hybridized carbons (Fsp3) is 0.300. The monoisotopic (exact) mass is 402 g/mol. The van der Waals surface area contributed by atoms with Crippen LogP contribution in [0.15, 0.2) is 58.9 Å². The molecule has 0 saturated carbocycles. The van der Waals surface area contributed by atoms with Crippen molar-refractivity contribution in [1.29, 1.82) is 0 Å². The molecule has 2 aromatic carbocycles. The van der Waals surface area contributed by atoms with E-state index < -0.39 is 18.1 Å². The number of hydrogen-bond donors (Lipinski definition) is 3. The van der Waals surface area contributed by atoms with E-state index in [1.165, 1.54) is 23.1 Å². The van der Waals surface area contributed by atoms with E-state index in [0.29, 0.717) is 11.3 Å². The summed E-state index contributed by atoms with van der Waals surface area (Å²) in [6.45, 7) is 1.85. The number of thioether (sulfide) groups is 1. The number of aromatic nitrogens is 2. The summed E-state index contributed by atoms with van der Waals surface area (Å²) < 4.78 is 0.806. The average molecular weight is 403 g/mol. The van der Waals surface area contributed by atoms with Gasteiger partial charge in [-0.1, -0.05) is 77.7 Å². The van der Waals surface area contributed by atoms with E-state index in [4.69, 9.17) is 0 Å². The van der Waals surface area contributed by atoms with Gasteiger partial charge in [-0.25, -0.2) is 0 Å². The maximum Gasteiger partial charge on any atom is 0.174 e. The van der Waals surface area contributed by atoms with Crippen LogP contribution in [0.1, 0.15) is 33.7 Å². The first kappa shape index (κ1) is 20.0. The van der Waals surface area contributed by atoms with Crippen molar-refractivity contribution in [2.75, 3.05) is 5.75 Å². The van der Waals surface area contributed by atoms with Crippen molar-refractivity contribution in [2.45, 2.75) is 36.0 Å². The summed E-state index contributed by atoms with van der Waals surface area (Å²) in [5, 5.41) is 40.1. The van der Waals surface area contributed by atoms with Crippen LogP contribution >= 0.6 is 23.1 Å². The Hall–Kier alpha value is -1.77. The van der Waals surface area contributed by atoms with E-state index in [1.807, 2.05) is 37.3 Å². The van der Waals surface area contributed by atoms with Crippen LogP contribution in [0.25, 0.3) is 0 Å². The SMILES string of the molecule is Cc1nnc(SC[C@@H](O)[C@@H](c2ccccc2)[C@@H](O)c2ccc(CO)cc2)s1. The lowest BCUT2D eigenvalue weighted by Gasteiger charge is -2.28. The van der Waals surface area contributed by atoms with E-state index in [-0.39, 0.29) is 6.61 Å². The smallest absolute Gasteiger partial charge is 0.174 e. The lowest BCUT2D eigenvalue weighted by Crippen LogP contribution is -2.27. The van der Waals surface area contributed by atoms with E-state index in [0.717, 1.165) is 20.5 Å². The van der Waals surface area contributed by atoms with Crippen molar-refractivity contribution in [3.63, 3.8) is 0 Å². The zero-order valence-electron chi connectivity index (χ0n) is 14.9. The molecule has 0 aliphatic rings. The maximum absolute atomic E-state index is 11.0. The summed E-state index contributed by atoms with van der Waals surface area (Å²) in [7, 11) is 0. The molecular weight excluding hydrogens is 380 g/mol. The van der Waals surface area contributed by atoms with Crippen LogP contribution in [-0.2, 0) is 6.61 Å². The van der Waals surface area contributed by atoms with Crippen LogP contribution < -0.4 is 0 Å². The summed E-state index contributed by atoms with van der Waals surface area (Å²) in [6, 6.07) is 16.7. The normalized spacial score (nSPS) is 14.7. The number of benzene rings is 2. The number of aliphatic hydroxyl groups is 3. The van der Waals surface area contributed by atoms with E-state index in [1.54, 1.807) is 24.3 Å². The topological polar surface area (TPSA) is 86.5 Å². The minimum Gasteiger partial charge on any atom is -0.392 e. The van der Waals surface area contributed by atoms with Gasteiger partial charge < -0.3 is 15.3 Å². The van der Waals surface area contributed by atoms with Crippen molar-refractivity contribution in [3.05, 3.63) is 76.3 Å².